The second kappa shape index (κ2) is 12.6. The highest BCUT2D eigenvalue weighted by atomic mass is 16.5. The Hall–Kier alpha value is -3.72. The first-order valence-electron chi connectivity index (χ1n) is 16.9. The van der Waals surface area contributed by atoms with Gasteiger partial charge in [-0.15, -0.1) is 0 Å². The molecule has 230 valence electrons. The molecule has 0 saturated heterocycles. The summed E-state index contributed by atoms with van der Waals surface area (Å²) in [5, 5.41) is 11.0. The van der Waals surface area contributed by atoms with E-state index in [2.05, 4.69) is 111 Å². The van der Waals surface area contributed by atoms with Crippen LogP contribution in [0.25, 0.3) is 12.2 Å². The number of fused-ring (bicyclic) bond motifs is 4. The van der Waals surface area contributed by atoms with Crippen LogP contribution in [0.4, 0.5) is 0 Å². The second-order valence-corrected chi connectivity index (χ2v) is 14.0. The van der Waals surface area contributed by atoms with Crippen molar-refractivity contribution in [1.29, 1.82) is 0 Å². The Morgan fingerprint density at radius 3 is 2.11 bits per heavy atom. The number of allylic oxidation sites excluding steroid dienone is 2. The van der Waals surface area contributed by atoms with Crippen LogP contribution < -0.4 is 0 Å². The van der Waals surface area contributed by atoms with E-state index in [9.17, 15) is 5.11 Å². The van der Waals surface area contributed by atoms with Crippen molar-refractivity contribution in [3.8, 4) is 0 Å². The molecule has 0 saturated carbocycles. The zero-order valence-electron chi connectivity index (χ0n) is 27.1. The first-order valence-corrected chi connectivity index (χ1v) is 16.9. The van der Waals surface area contributed by atoms with Gasteiger partial charge in [0.25, 0.3) is 0 Å². The lowest BCUT2D eigenvalue weighted by atomic mass is 9.90. The Labute approximate surface area is 269 Å². The Bertz CT molecular complexity index is 1750. The monoisotopic (exact) mass is 594 g/mol. The average Bonchev–Trinajstić information content (AvgIpc) is 3.80. The van der Waals surface area contributed by atoms with Crippen molar-refractivity contribution in [3.63, 3.8) is 0 Å². The van der Waals surface area contributed by atoms with Crippen molar-refractivity contribution in [3.05, 3.63) is 152 Å². The summed E-state index contributed by atoms with van der Waals surface area (Å²) in [6.45, 7) is 4.50. The predicted molar refractivity (Wildman–Crippen MR) is 186 cm³/mol. The predicted octanol–water partition coefficient (Wildman–Crippen LogP) is 9.25. The molecular weight excluding hydrogens is 548 g/mol. The van der Waals surface area contributed by atoms with Gasteiger partial charge in [0.1, 0.15) is 0 Å². The topological polar surface area (TPSA) is 29.5 Å². The number of ether oxygens (including phenoxy) is 1. The average molecular weight is 595 g/mol. The van der Waals surface area contributed by atoms with Gasteiger partial charge >= 0.3 is 0 Å². The molecule has 0 aromatic heterocycles. The summed E-state index contributed by atoms with van der Waals surface area (Å²) in [4.78, 5) is 0. The van der Waals surface area contributed by atoms with E-state index in [-0.39, 0.29) is 6.10 Å². The minimum Gasteiger partial charge on any atom is -0.389 e. The summed E-state index contributed by atoms with van der Waals surface area (Å²) in [6, 6.07) is 30.6. The molecule has 0 amide bonds. The maximum atomic E-state index is 11.0. The lowest BCUT2D eigenvalue weighted by molar-refractivity contribution is 0.0426. The summed E-state index contributed by atoms with van der Waals surface area (Å²) in [7, 11) is 1.81. The maximum Gasteiger partial charge on any atom is 0.0852 e. The standard InChI is InChI=1S/C22H26O2.C21H20/c1-15-12-20-16(8-5-9-19(20)21(15)24-2)10-11-22(23)13-17-6-3-4-7-18(17)14-22;1-15-11-20-8-4-7-17(21(20)12-15)10-9-16-13-18-5-2-3-6-19(18)14-16/h3-9,15,21,23H,10-14H2,1-2H3;2-8,11,13H,9-10,12,14H2,1H3. The van der Waals surface area contributed by atoms with E-state index < -0.39 is 5.60 Å². The molecule has 2 heteroatoms. The van der Waals surface area contributed by atoms with Gasteiger partial charge in [-0.2, -0.15) is 0 Å². The van der Waals surface area contributed by atoms with Crippen LogP contribution in [0.5, 0.6) is 0 Å². The molecule has 45 heavy (non-hydrogen) atoms. The van der Waals surface area contributed by atoms with Crippen molar-refractivity contribution in [2.75, 3.05) is 7.11 Å². The minimum atomic E-state index is -0.586. The van der Waals surface area contributed by atoms with Crippen LogP contribution in [0.15, 0.2) is 96.1 Å². The molecule has 1 N–H and O–H groups in total. The van der Waals surface area contributed by atoms with E-state index >= 15 is 0 Å². The molecule has 4 aliphatic carbocycles. The van der Waals surface area contributed by atoms with Gasteiger partial charge in [-0.1, -0.05) is 115 Å². The van der Waals surface area contributed by atoms with E-state index in [1.54, 1.807) is 18.2 Å². The molecule has 4 aliphatic rings. The number of rotatable bonds is 7. The largest absolute Gasteiger partial charge is 0.389 e. The molecule has 0 fully saturated rings. The normalized spacial score (nSPS) is 20.0. The van der Waals surface area contributed by atoms with Crippen molar-refractivity contribution in [2.45, 2.75) is 83.3 Å². The highest BCUT2D eigenvalue weighted by Crippen LogP contribution is 2.41. The first kappa shape index (κ1) is 30.0. The molecule has 4 aromatic carbocycles. The number of hydrogen-bond donors (Lipinski definition) is 1. The van der Waals surface area contributed by atoms with E-state index in [1.807, 2.05) is 0 Å². The zero-order chi connectivity index (χ0) is 31.0. The summed E-state index contributed by atoms with van der Waals surface area (Å²) in [5.74, 6) is 0.532. The van der Waals surface area contributed by atoms with Crippen molar-refractivity contribution in [1.82, 2.24) is 0 Å². The van der Waals surface area contributed by atoms with Crippen molar-refractivity contribution >= 4 is 12.2 Å². The summed E-state index contributed by atoms with van der Waals surface area (Å²) < 4.78 is 5.70. The fourth-order valence-electron chi connectivity index (χ4n) is 8.36. The molecule has 4 aromatic rings. The molecule has 2 atom stereocenters. The second-order valence-electron chi connectivity index (χ2n) is 14.0. The summed E-state index contributed by atoms with van der Waals surface area (Å²) >= 11 is 0. The van der Waals surface area contributed by atoms with Crippen LogP contribution in [0, 0.1) is 5.92 Å². The zero-order valence-corrected chi connectivity index (χ0v) is 27.1. The molecule has 2 nitrogen and oxygen atoms in total. The SMILES string of the molecule is CC1=Cc2cccc(CCC3=Cc4ccccc4C3)c2C1.COC1c2cccc(CCC3(O)Cc4ccccc4C3)c2CC1C. The van der Waals surface area contributed by atoms with Crippen LogP contribution in [0.1, 0.15) is 88.4 Å². The number of aliphatic hydroxyl groups is 1. The van der Waals surface area contributed by atoms with Gasteiger partial charge in [0.05, 0.1) is 11.7 Å². The Morgan fingerprint density at radius 2 is 1.38 bits per heavy atom. The van der Waals surface area contributed by atoms with E-state index in [1.165, 1.54) is 68.5 Å². The van der Waals surface area contributed by atoms with Crippen LogP contribution in [-0.4, -0.2) is 17.8 Å². The molecular formula is C43H46O2. The van der Waals surface area contributed by atoms with Gasteiger partial charge < -0.3 is 9.84 Å². The lowest BCUT2D eigenvalue weighted by Crippen LogP contribution is -2.30. The third-order valence-electron chi connectivity index (χ3n) is 10.6. The van der Waals surface area contributed by atoms with Gasteiger partial charge in [0.15, 0.2) is 0 Å². The molecule has 0 spiro atoms. The van der Waals surface area contributed by atoms with Crippen LogP contribution in [0.2, 0.25) is 0 Å². The summed E-state index contributed by atoms with van der Waals surface area (Å²) in [6.07, 6.45) is 14.0. The molecule has 2 unspecified atom stereocenters. The van der Waals surface area contributed by atoms with E-state index in [0.717, 1.165) is 44.9 Å². The van der Waals surface area contributed by atoms with Crippen molar-refractivity contribution in [2.24, 2.45) is 5.92 Å². The van der Waals surface area contributed by atoms with Gasteiger partial charge in [-0.25, -0.2) is 0 Å². The third-order valence-corrected chi connectivity index (χ3v) is 10.6. The van der Waals surface area contributed by atoms with E-state index in [0.29, 0.717) is 5.92 Å². The van der Waals surface area contributed by atoms with E-state index in [4.69, 9.17) is 4.74 Å². The third kappa shape index (κ3) is 6.24. The lowest BCUT2D eigenvalue weighted by Gasteiger charge is -2.23. The Morgan fingerprint density at radius 1 is 0.711 bits per heavy atom. The minimum absolute atomic E-state index is 0.221. The molecule has 0 radical (unpaired) electrons. The van der Waals surface area contributed by atoms with Gasteiger partial charge in [0, 0.05) is 20.0 Å². The molecule has 0 bridgehead atoms. The number of benzene rings is 4. The molecule has 0 heterocycles. The van der Waals surface area contributed by atoms with Crippen LogP contribution in [-0.2, 0) is 49.7 Å². The maximum absolute atomic E-state index is 11.0. The number of methoxy groups -OCH3 is 1. The van der Waals surface area contributed by atoms with Crippen LogP contribution >= 0.6 is 0 Å². The van der Waals surface area contributed by atoms with Crippen LogP contribution in [0.3, 0.4) is 0 Å². The number of hydrogen-bond acceptors (Lipinski definition) is 2. The van der Waals surface area contributed by atoms with Gasteiger partial charge in [0.2, 0.25) is 0 Å². The Balaban J connectivity index is 0.000000146. The molecule has 0 aliphatic heterocycles. The Kier molecular flexibility index (Phi) is 8.38. The van der Waals surface area contributed by atoms with Crippen molar-refractivity contribution < 1.29 is 9.84 Å². The smallest absolute Gasteiger partial charge is 0.0852 e. The first-order chi connectivity index (χ1) is 21.9. The fraction of sp³-hybridized carbons (Fsp3) is 0.349. The molecule has 8 rings (SSSR count). The highest BCUT2D eigenvalue weighted by molar-refractivity contribution is 5.66. The van der Waals surface area contributed by atoms with Gasteiger partial charge in [-0.3, -0.25) is 0 Å². The highest BCUT2D eigenvalue weighted by Gasteiger charge is 2.36. The number of aryl methyl sites for hydroxylation is 2. The van der Waals surface area contributed by atoms with Gasteiger partial charge in [-0.05, 0) is 113 Å². The quantitative estimate of drug-likeness (QED) is 0.231. The summed E-state index contributed by atoms with van der Waals surface area (Å²) in [5.41, 5.74) is 16.8. The fourth-order valence-corrected chi connectivity index (χ4v) is 8.36.